The Balaban J connectivity index is 0.00000312. The second-order valence-electron chi connectivity index (χ2n) is 5.81. The van der Waals surface area contributed by atoms with Crippen molar-refractivity contribution < 1.29 is 22.7 Å². The van der Waals surface area contributed by atoms with Crippen molar-refractivity contribution in [2.45, 2.75) is 39.0 Å². The average Bonchev–Trinajstić information content (AvgIpc) is 2.55. The number of nitrogens with zero attached hydrogens (tertiary/aromatic N) is 1. The van der Waals surface area contributed by atoms with E-state index in [-0.39, 0.29) is 23.9 Å². The van der Waals surface area contributed by atoms with Crippen LogP contribution in [0.3, 0.4) is 0 Å². The third-order valence-electron chi connectivity index (χ3n) is 4.32. The number of piperidine rings is 1. The van der Waals surface area contributed by atoms with Gasteiger partial charge in [-0.3, -0.25) is 4.79 Å². The molecule has 142 valence electrons. The van der Waals surface area contributed by atoms with Crippen LogP contribution in [0.15, 0.2) is 18.2 Å². The van der Waals surface area contributed by atoms with Crippen molar-refractivity contribution >= 4 is 18.3 Å². The van der Waals surface area contributed by atoms with E-state index in [1.54, 1.807) is 26.0 Å². The van der Waals surface area contributed by atoms with Crippen LogP contribution in [0.25, 0.3) is 0 Å². The zero-order chi connectivity index (χ0) is 17.7. The fourth-order valence-electron chi connectivity index (χ4n) is 3.02. The van der Waals surface area contributed by atoms with Gasteiger partial charge >= 0.3 is 6.36 Å². The molecule has 8 heteroatoms. The number of benzene rings is 1. The van der Waals surface area contributed by atoms with Gasteiger partial charge in [-0.1, -0.05) is 6.07 Å². The molecule has 1 aromatic rings. The van der Waals surface area contributed by atoms with Crippen LogP contribution >= 0.6 is 12.4 Å². The third kappa shape index (κ3) is 5.78. The van der Waals surface area contributed by atoms with Gasteiger partial charge < -0.3 is 15.0 Å². The third-order valence-corrected chi connectivity index (χ3v) is 4.32. The second kappa shape index (κ2) is 9.29. The highest BCUT2D eigenvalue weighted by Crippen LogP contribution is 2.32. The van der Waals surface area contributed by atoms with Crippen LogP contribution in [0.2, 0.25) is 0 Å². The summed E-state index contributed by atoms with van der Waals surface area (Å²) in [6, 6.07) is 4.47. The van der Waals surface area contributed by atoms with Gasteiger partial charge in [-0.15, -0.1) is 25.6 Å². The van der Waals surface area contributed by atoms with Gasteiger partial charge in [-0.25, -0.2) is 0 Å². The van der Waals surface area contributed by atoms with Gasteiger partial charge in [0.15, 0.2) is 0 Å². The molecule has 1 amide bonds. The fraction of sp³-hybridized carbons (Fsp3) is 0.588. The van der Waals surface area contributed by atoms with E-state index in [4.69, 9.17) is 0 Å². The molecule has 0 bridgehead atoms. The lowest BCUT2D eigenvalue weighted by molar-refractivity contribution is -0.274. The first-order valence-corrected chi connectivity index (χ1v) is 8.25. The largest absolute Gasteiger partial charge is 0.573 e. The van der Waals surface area contributed by atoms with Gasteiger partial charge in [0.1, 0.15) is 5.75 Å². The Morgan fingerprint density at radius 1 is 1.24 bits per heavy atom. The summed E-state index contributed by atoms with van der Waals surface area (Å²) in [6.45, 7) is 6.18. The molecule has 1 aliphatic heterocycles. The Morgan fingerprint density at radius 2 is 1.84 bits per heavy atom. The van der Waals surface area contributed by atoms with E-state index in [1.165, 1.54) is 11.0 Å². The smallest absolute Gasteiger partial charge is 0.405 e. The van der Waals surface area contributed by atoms with Gasteiger partial charge in [-0.05, 0) is 63.4 Å². The van der Waals surface area contributed by atoms with Crippen LogP contribution in [0.1, 0.15) is 48.5 Å². The molecular weight excluding hydrogens is 357 g/mol. The number of nitrogens with one attached hydrogen (secondary N) is 1. The summed E-state index contributed by atoms with van der Waals surface area (Å²) in [4.78, 5) is 14.1. The number of amides is 1. The molecule has 1 aliphatic rings. The maximum atomic E-state index is 12.6. The van der Waals surface area contributed by atoms with Crippen molar-refractivity contribution in [2.75, 3.05) is 26.2 Å². The summed E-state index contributed by atoms with van der Waals surface area (Å²) in [7, 11) is 0. The minimum absolute atomic E-state index is 0. The molecule has 0 aromatic heterocycles. The van der Waals surface area contributed by atoms with E-state index in [9.17, 15) is 18.0 Å². The van der Waals surface area contributed by atoms with E-state index in [0.29, 0.717) is 13.1 Å². The van der Waals surface area contributed by atoms with Crippen molar-refractivity contribution in [3.05, 3.63) is 29.3 Å². The normalized spacial score (nSPS) is 15.4. The molecule has 1 fully saturated rings. The maximum absolute atomic E-state index is 12.6. The Labute approximate surface area is 152 Å². The number of hydrogen-bond donors (Lipinski definition) is 1. The fourth-order valence-corrected chi connectivity index (χ4v) is 3.02. The number of carbonyl (C=O) groups is 1. The van der Waals surface area contributed by atoms with Crippen LogP contribution in [0.5, 0.6) is 5.75 Å². The van der Waals surface area contributed by atoms with E-state index >= 15 is 0 Å². The molecule has 1 aromatic carbocycles. The molecule has 2 rings (SSSR count). The molecule has 4 nitrogen and oxygen atoms in total. The summed E-state index contributed by atoms with van der Waals surface area (Å²) < 4.78 is 42.0. The molecule has 0 unspecified atom stereocenters. The number of rotatable bonds is 5. The topological polar surface area (TPSA) is 41.6 Å². The SMILES string of the molecule is CCN(CC)C(=O)c1cc(C2CCNCC2)ccc1OC(F)(F)F.Cl. The van der Waals surface area contributed by atoms with Crippen molar-refractivity contribution in [1.29, 1.82) is 0 Å². The highest BCUT2D eigenvalue weighted by Gasteiger charge is 2.34. The highest BCUT2D eigenvalue weighted by molar-refractivity contribution is 5.97. The first-order chi connectivity index (χ1) is 11.4. The zero-order valence-corrected chi connectivity index (χ0v) is 15.2. The first-order valence-electron chi connectivity index (χ1n) is 8.25. The molecular formula is C17H24ClF3N2O2. The highest BCUT2D eigenvalue weighted by atomic mass is 35.5. The minimum Gasteiger partial charge on any atom is -0.405 e. The molecule has 0 radical (unpaired) electrons. The van der Waals surface area contributed by atoms with Gasteiger partial charge in [0, 0.05) is 13.1 Å². The number of carbonyl (C=O) groups excluding carboxylic acids is 1. The average molecular weight is 381 g/mol. The first kappa shape index (κ1) is 21.6. The number of hydrogen-bond acceptors (Lipinski definition) is 3. The lowest BCUT2D eigenvalue weighted by Crippen LogP contribution is -2.32. The van der Waals surface area contributed by atoms with Gasteiger partial charge in [0.25, 0.3) is 5.91 Å². The molecule has 25 heavy (non-hydrogen) atoms. The Morgan fingerprint density at radius 3 is 2.36 bits per heavy atom. The Bertz CT molecular complexity index is 572. The van der Waals surface area contributed by atoms with Gasteiger partial charge in [0.05, 0.1) is 5.56 Å². The van der Waals surface area contributed by atoms with E-state index in [0.717, 1.165) is 31.5 Å². The van der Waals surface area contributed by atoms with Crippen LogP contribution in [-0.2, 0) is 0 Å². The zero-order valence-electron chi connectivity index (χ0n) is 14.4. The van der Waals surface area contributed by atoms with Crippen molar-refractivity contribution in [2.24, 2.45) is 0 Å². The van der Waals surface area contributed by atoms with Crippen LogP contribution in [0.4, 0.5) is 13.2 Å². The van der Waals surface area contributed by atoms with E-state index < -0.39 is 18.0 Å². The Hall–Kier alpha value is -1.47. The predicted octanol–water partition coefficient (Wildman–Crippen LogP) is 3.96. The van der Waals surface area contributed by atoms with Crippen LogP contribution < -0.4 is 10.1 Å². The van der Waals surface area contributed by atoms with Crippen LogP contribution in [0, 0.1) is 0 Å². The van der Waals surface area contributed by atoms with Gasteiger partial charge in [0.2, 0.25) is 0 Å². The molecule has 1 heterocycles. The van der Waals surface area contributed by atoms with E-state index in [2.05, 4.69) is 10.1 Å². The molecule has 0 aliphatic carbocycles. The molecule has 0 spiro atoms. The Kier molecular flexibility index (Phi) is 8.02. The predicted molar refractivity (Wildman–Crippen MR) is 92.5 cm³/mol. The minimum atomic E-state index is -4.82. The molecule has 1 saturated heterocycles. The quantitative estimate of drug-likeness (QED) is 0.840. The van der Waals surface area contributed by atoms with Crippen LogP contribution in [-0.4, -0.2) is 43.3 Å². The van der Waals surface area contributed by atoms with Crippen molar-refractivity contribution in [3.63, 3.8) is 0 Å². The van der Waals surface area contributed by atoms with E-state index in [1.807, 2.05) is 0 Å². The summed E-state index contributed by atoms with van der Waals surface area (Å²) >= 11 is 0. The lowest BCUT2D eigenvalue weighted by atomic mass is 9.89. The summed E-state index contributed by atoms with van der Waals surface area (Å²) in [6.07, 6.45) is -3.02. The van der Waals surface area contributed by atoms with Crippen molar-refractivity contribution in [1.82, 2.24) is 10.2 Å². The molecule has 1 N–H and O–H groups in total. The standard InChI is InChI=1S/C17H23F3N2O2.ClH/c1-3-22(4-2)16(23)14-11-13(12-7-9-21-10-8-12)5-6-15(14)24-17(18,19)20;/h5-6,11-12,21H,3-4,7-10H2,1-2H3;1H. The maximum Gasteiger partial charge on any atom is 0.573 e. The van der Waals surface area contributed by atoms with Gasteiger partial charge in [-0.2, -0.15) is 0 Å². The summed E-state index contributed by atoms with van der Waals surface area (Å²) in [5, 5.41) is 3.25. The monoisotopic (exact) mass is 380 g/mol. The second-order valence-corrected chi connectivity index (χ2v) is 5.81. The van der Waals surface area contributed by atoms with Crippen molar-refractivity contribution in [3.8, 4) is 5.75 Å². The molecule has 0 atom stereocenters. The summed E-state index contributed by atoms with van der Waals surface area (Å²) in [5.74, 6) is -0.624. The number of ether oxygens (including phenoxy) is 1. The molecule has 0 saturated carbocycles. The number of alkyl halides is 3. The number of halogens is 4. The lowest BCUT2D eigenvalue weighted by Gasteiger charge is -2.25. The summed E-state index contributed by atoms with van der Waals surface area (Å²) in [5.41, 5.74) is 0.869.